The van der Waals surface area contributed by atoms with Crippen LogP contribution in [-0.4, -0.2) is 93.3 Å². The van der Waals surface area contributed by atoms with Crippen molar-refractivity contribution in [2.24, 2.45) is 0 Å². The lowest BCUT2D eigenvalue weighted by Crippen LogP contribution is -2.24. The Morgan fingerprint density at radius 3 is 1.41 bits per heavy atom. The molecule has 29 heavy (non-hydrogen) atoms. The van der Waals surface area contributed by atoms with Crippen LogP contribution in [0.2, 0.25) is 0 Å². The molecule has 1 rings (SSSR count). The van der Waals surface area contributed by atoms with Gasteiger partial charge in [-0.25, -0.2) is 13.1 Å². The summed E-state index contributed by atoms with van der Waals surface area (Å²) in [4.78, 5) is 11.9. The van der Waals surface area contributed by atoms with E-state index in [9.17, 15) is 25.3 Å². The fourth-order valence-corrected chi connectivity index (χ4v) is 2.98. The van der Waals surface area contributed by atoms with Gasteiger partial charge in [0.15, 0.2) is 0 Å². The number of sulfonamides is 1. The van der Waals surface area contributed by atoms with E-state index in [4.69, 9.17) is 9.11 Å². The van der Waals surface area contributed by atoms with E-state index >= 15 is 0 Å². The van der Waals surface area contributed by atoms with Gasteiger partial charge in [-0.3, -0.25) is 9.11 Å². The molecular formula is C11H23N7O8S3. The van der Waals surface area contributed by atoms with E-state index in [1.807, 2.05) is 0 Å². The standard InChI is InChI=1S/C11H23N7O8S3/c1-27(19,20)15-4-2-3-12-9-16-10(13-5-7-28(21,22)23)18-11(17-9)14-6-8-29(24,25)26/h15H,2-8H2,1H3,(H,21,22,23)(H,24,25,26)(H3,12,13,14,16,17,18). The van der Waals surface area contributed by atoms with Gasteiger partial charge in [0.25, 0.3) is 20.2 Å². The molecule has 168 valence electrons. The molecule has 0 saturated carbocycles. The summed E-state index contributed by atoms with van der Waals surface area (Å²) in [7, 11) is -11.7. The maximum Gasteiger partial charge on any atom is 0.266 e. The molecule has 0 amide bonds. The summed E-state index contributed by atoms with van der Waals surface area (Å²) in [5.74, 6) is -1.26. The molecule has 1 aromatic heterocycles. The fourth-order valence-electron chi connectivity index (χ4n) is 1.74. The third-order valence-corrected chi connectivity index (χ3v) is 5.09. The maximum absolute atomic E-state index is 11.0. The van der Waals surface area contributed by atoms with Crippen LogP contribution < -0.4 is 20.7 Å². The number of aromatic nitrogens is 3. The predicted molar refractivity (Wildman–Crippen MR) is 106 cm³/mol. The molecule has 0 spiro atoms. The topological polar surface area (TPSA) is 230 Å². The summed E-state index contributed by atoms with van der Waals surface area (Å²) < 4.78 is 84.9. The lowest BCUT2D eigenvalue weighted by Gasteiger charge is -2.11. The van der Waals surface area contributed by atoms with E-state index in [1.54, 1.807) is 0 Å². The molecule has 0 bridgehead atoms. The van der Waals surface area contributed by atoms with Gasteiger partial charge >= 0.3 is 0 Å². The predicted octanol–water partition coefficient (Wildman–Crippen LogP) is -2.18. The molecule has 0 aliphatic heterocycles. The van der Waals surface area contributed by atoms with Gasteiger partial charge in [0, 0.05) is 26.2 Å². The summed E-state index contributed by atoms with van der Waals surface area (Å²) in [6, 6.07) is 0. The van der Waals surface area contributed by atoms with E-state index in [1.165, 1.54) is 0 Å². The minimum atomic E-state index is -4.19. The quantitative estimate of drug-likeness (QED) is 0.124. The van der Waals surface area contributed by atoms with Crippen molar-refractivity contribution in [2.75, 3.05) is 59.9 Å². The second kappa shape index (κ2) is 10.8. The van der Waals surface area contributed by atoms with E-state index < -0.39 is 41.8 Å². The SMILES string of the molecule is CS(=O)(=O)NCCCNc1nc(NCCS(=O)(=O)O)nc(NCCS(=O)(=O)O)n1. The molecule has 0 aliphatic rings. The monoisotopic (exact) mass is 477 g/mol. The summed E-state index contributed by atoms with van der Waals surface area (Å²) in [6.07, 6.45) is 1.43. The first-order chi connectivity index (χ1) is 13.2. The molecule has 0 aliphatic carbocycles. The second-order valence-electron chi connectivity index (χ2n) is 5.68. The highest BCUT2D eigenvalue weighted by Crippen LogP contribution is 2.09. The average molecular weight is 478 g/mol. The molecule has 1 heterocycles. The van der Waals surface area contributed by atoms with Crippen molar-refractivity contribution in [1.29, 1.82) is 0 Å². The van der Waals surface area contributed by atoms with Crippen molar-refractivity contribution in [3.63, 3.8) is 0 Å². The van der Waals surface area contributed by atoms with E-state index in [-0.39, 0.29) is 44.0 Å². The fraction of sp³-hybridized carbons (Fsp3) is 0.727. The van der Waals surface area contributed by atoms with Crippen molar-refractivity contribution in [3.05, 3.63) is 0 Å². The lowest BCUT2D eigenvalue weighted by atomic mass is 10.4. The van der Waals surface area contributed by atoms with Crippen LogP contribution in [0, 0.1) is 0 Å². The van der Waals surface area contributed by atoms with Crippen molar-refractivity contribution in [1.82, 2.24) is 19.7 Å². The molecule has 0 aromatic carbocycles. The zero-order valence-corrected chi connectivity index (χ0v) is 17.8. The maximum atomic E-state index is 11.0. The Balaban J connectivity index is 2.74. The minimum absolute atomic E-state index is 0.0445. The number of anilines is 3. The lowest BCUT2D eigenvalue weighted by molar-refractivity contribution is 0.481. The van der Waals surface area contributed by atoms with Crippen LogP contribution in [0.15, 0.2) is 0 Å². The molecule has 0 atom stereocenters. The van der Waals surface area contributed by atoms with Gasteiger partial charge in [-0.05, 0) is 6.42 Å². The third kappa shape index (κ3) is 13.9. The van der Waals surface area contributed by atoms with Crippen molar-refractivity contribution in [3.8, 4) is 0 Å². The van der Waals surface area contributed by atoms with Gasteiger partial charge < -0.3 is 16.0 Å². The molecule has 15 nitrogen and oxygen atoms in total. The zero-order chi connectivity index (χ0) is 22.1. The van der Waals surface area contributed by atoms with E-state index in [2.05, 4.69) is 35.6 Å². The number of nitrogens with zero attached hydrogens (tertiary/aromatic N) is 3. The van der Waals surface area contributed by atoms with Crippen molar-refractivity contribution in [2.45, 2.75) is 6.42 Å². The van der Waals surface area contributed by atoms with Crippen LogP contribution in [0.1, 0.15) is 6.42 Å². The van der Waals surface area contributed by atoms with Crippen LogP contribution in [0.25, 0.3) is 0 Å². The number of hydrogen-bond donors (Lipinski definition) is 6. The second-order valence-corrected chi connectivity index (χ2v) is 10.7. The van der Waals surface area contributed by atoms with Crippen LogP contribution in [0.3, 0.4) is 0 Å². The first-order valence-electron chi connectivity index (χ1n) is 8.06. The van der Waals surface area contributed by atoms with Gasteiger partial charge in [-0.15, -0.1) is 0 Å². The molecule has 0 saturated heterocycles. The van der Waals surface area contributed by atoms with Crippen LogP contribution in [-0.2, 0) is 30.3 Å². The molecule has 18 heteroatoms. The number of nitrogens with one attached hydrogen (secondary N) is 4. The van der Waals surface area contributed by atoms with Crippen molar-refractivity contribution < 1.29 is 34.4 Å². The van der Waals surface area contributed by atoms with Crippen LogP contribution in [0.5, 0.6) is 0 Å². The van der Waals surface area contributed by atoms with Gasteiger partial charge in [0.05, 0.1) is 17.8 Å². The molecule has 1 aromatic rings. The largest absolute Gasteiger partial charge is 0.354 e. The van der Waals surface area contributed by atoms with E-state index in [0.717, 1.165) is 6.26 Å². The Morgan fingerprint density at radius 2 is 1.07 bits per heavy atom. The highest BCUT2D eigenvalue weighted by molar-refractivity contribution is 7.88. The summed E-state index contributed by atoms with van der Waals surface area (Å²) in [5, 5.41) is 7.95. The summed E-state index contributed by atoms with van der Waals surface area (Å²) >= 11 is 0. The minimum Gasteiger partial charge on any atom is -0.354 e. The molecule has 6 N–H and O–H groups in total. The van der Waals surface area contributed by atoms with Gasteiger partial charge in [-0.1, -0.05) is 0 Å². The molecule has 0 radical (unpaired) electrons. The number of hydrogen-bond acceptors (Lipinski definition) is 12. The van der Waals surface area contributed by atoms with Gasteiger partial charge in [0.1, 0.15) is 0 Å². The normalized spacial score (nSPS) is 12.5. The molecule has 0 unspecified atom stereocenters. The summed E-state index contributed by atoms with van der Waals surface area (Å²) in [6.45, 7) is 0.0490. The van der Waals surface area contributed by atoms with Gasteiger partial charge in [-0.2, -0.15) is 31.8 Å². The summed E-state index contributed by atoms with van der Waals surface area (Å²) in [5.41, 5.74) is 0. The Morgan fingerprint density at radius 1 is 0.690 bits per heavy atom. The highest BCUT2D eigenvalue weighted by Gasteiger charge is 2.10. The van der Waals surface area contributed by atoms with E-state index in [0.29, 0.717) is 6.42 Å². The van der Waals surface area contributed by atoms with Crippen LogP contribution >= 0.6 is 0 Å². The molecular weight excluding hydrogens is 454 g/mol. The zero-order valence-electron chi connectivity index (χ0n) is 15.4. The number of rotatable bonds is 14. The average Bonchev–Trinajstić information content (AvgIpc) is 2.51. The smallest absolute Gasteiger partial charge is 0.266 e. The first-order valence-corrected chi connectivity index (χ1v) is 13.2. The Bertz CT molecular complexity index is 925. The van der Waals surface area contributed by atoms with Crippen molar-refractivity contribution >= 4 is 48.1 Å². The first kappa shape index (κ1) is 25.2. The molecule has 0 fully saturated rings. The Kier molecular flexibility index (Phi) is 9.36. The van der Waals surface area contributed by atoms with Gasteiger partial charge in [0.2, 0.25) is 27.9 Å². The Labute approximate surface area is 168 Å². The van der Waals surface area contributed by atoms with Crippen LogP contribution in [0.4, 0.5) is 17.8 Å². The highest BCUT2D eigenvalue weighted by atomic mass is 32.2. The Hall–Kier alpha value is -1.86. The third-order valence-electron chi connectivity index (χ3n) is 2.92.